The van der Waals surface area contributed by atoms with E-state index in [4.69, 9.17) is 26.1 Å². The third kappa shape index (κ3) is 3.29. The smallest absolute Gasteiger partial charge is 0.276 e. The predicted octanol–water partition coefficient (Wildman–Crippen LogP) is 2.26. The molecule has 2 aromatic rings. The molecule has 1 saturated heterocycles. The van der Waals surface area contributed by atoms with E-state index in [1.807, 2.05) is 0 Å². The standard InChI is InChI=1S/C17H16N2O5S/c1-22-13-7-10(8-14(23-2)15(13)20)6-12-16(21)19(17(25)18-12)9-11-4-3-5-24-11/h3-8,20H,9H2,1-2H3,(H,18,25)/b12-6+. The van der Waals surface area contributed by atoms with Crippen molar-refractivity contribution in [2.75, 3.05) is 14.2 Å². The summed E-state index contributed by atoms with van der Waals surface area (Å²) in [6, 6.07) is 6.71. The predicted molar refractivity (Wildman–Crippen MR) is 94.2 cm³/mol. The lowest BCUT2D eigenvalue weighted by atomic mass is 10.1. The Hall–Kier alpha value is -3.00. The van der Waals surface area contributed by atoms with E-state index in [-0.39, 0.29) is 29.7 Å². The van der Waals surface area contributed by atoms with E-state index in [9.17, 15) is 9.90 Å². The van der Waals surface area contributed by atoms with Gasteiger partial charge in [0.1, 0.15) is 11.5 Å². The summed E-state index contributed by atoms with van der Waals surface area (Å²) in [5.74, 6) is 0.741. The average Bonchev–Trinajstić information content (AvgIpc) is 3.20. The molecule has 1 aromatic heterocycles. The van der Waals surface area contributed by atoms with Gasteiger partial charge in [0.2, 0.25) is 5.75 Å². The Labute approximate surface area is 149 Å². The van der Waals surface area contributed by atoms with Gasteiger partial charge in [-0.05, 0) is 48.1 Å². The van der Waals surface area contributed by atoms with Crippen LogP contribution in [0, 0.1) is 0 Å². The second-order valence-electron chi connectivity index (χ2n) is 5.23. The summed E-state index contributed by atoms with van der Waals surface area (Å²) < 4.78 is 15.5. The molecule has 1 fully saturated rings. The molecule has 1 amide bonds. The summed E-state index contributed by atoms with van der Waals surface area (Å²) in [7, 11) is 2.87. The van der Waals surface area contributed by atoms with Crippen LogP contribution in [0.25, 0.3) is 6.08 Å². The monoisotopic (exact) mass is 360 g/mol. The molecule has 0 atom stereocenters. The van der Waals surface area contributed by atoms with E-state index in [0.29, 0.717) is 22.1 Å². The Morgan fingerprint density at radius 2 is 2.00 bits per heavy atom. The van der Waals surface area contributed by atoms with Crippen molar-refractivity contribution in [1.82, 2.24) is 10.2 Å². The molecule has 1 aromatic carbocycles. The van der Waals surface area contributed by atoms with Gasteiger partial charge in [-0.25, -0.2) is 0 Å². The van der Waals surface area contributed by atoms with Gasteiger partial charge in [-0.1, -0.05) is 0 Å². The van der Waals surface area contributed by atoms with Gasteiger partial charge >= 0.3 is 0 Å². The molecule has 1 aliphatic heterocycles. The maximum Gasteiger partial charge on any atom is 0.276 e. The third-order valence-electron chi connectivity index (χ3n) is 3.67. The first-order valence-electron chi connectivity index (χ1n) is 7.35. The second kappa shape index (κ2) is 6.86. The van der Waals surface area contributed by atoms with Gasteiger partial charge in [0.25, 0.3) is 5.91 Å². The fourth-order valence-electron chi connectivity index (χ4n) is 2.44. The number of nitrogens with zero attached hydrogens (tertiary/aromatic N) is 1. The van der Waals surface area contributed by atoms with Crippen LogP contribution in [0.2, 0.25) is 0 Å². The molecule has 2 N–H and O–H groups in total. The first-order valence-corrected chi connectivity index (χ1v) is 7.76. The Morgan fingerprint density at radius 1 is 1.32 bits per heavy atom. The topological polar surface area (TPSA) is 84.2 Å². The number of phenolic OH excluding ortho intramolecular Hbond substituents is 1. The van der Waals surface area contributed by atoms with E-state index in [2.05, 4.69) is 5.32 Å². The third-order valence-corrected chi connectivity index (χ3v) is 3.99. The molecular weight excluding hydrogens is 344 g/mol. The van der Waals surface area contributed by atoms with Crippen LogP contribution in [-0.2, 0) is 11.3 Å². The summed E-state index contributed by atoms with van der Waals surface area (Å²) in [4.78, 5) is 14.0. The number of furan rings is 1. The van der Waals surface area contributed by atoms with E-state index < -0.39 is 0 Å². The van der Waals surface area contributed by atoms with Crippen LogP contribution in [0.1, 0.15) is 11.3 Å². The number of carbonyl (C=O) groups is 1. The highest BCUT2D eigenvalue weighted by atomic mass is 32.1. The SMILES string of the molecule is COc1cc(/C=C2/NC(=S)N(Cc3ccco3)C2=O)cc(OC)c1O. The number of thiocarbonyl (C=S) groups is 1. The van der Waals surface area contributed by atoms with Crippen molar-refractivity contribution >= 4 is 29.3 Å². The van der Waals surface area contributed by atoms with Gasteiger partial charge in [0.15, 0.2) is 16.6 Å². The van der Waals surface area contributed by atoms with Crippen molar-refractivity contribution in [2.24, 2.45) is 0 Å². The molecule has 0 saturated carbocycles. The van der Waals surface area contributed by atoms with Crippen LogP contribution in [0.15, 0.2) is 40.6 Å². The summed E-state index contributed by atoms with van der Waals surface area (Å²) >= 11 is 5.22. The van der Waals surface area contributed by atoms with Crippen LogP contribution in [0.4, 0.5) is 0 Å². The lowest BCUT2D eigenvalue weighted by molar-refractivity contribution is -0.122. The Morgan fingerprint density at radius 3 is 2.56 bits per heavy atom. The zero-order valence-electron chi connectivity index (χ0n) is 13.6. The lowest BCUT2D eigenvalue weighted by Crippen LogP contribution is -2.29. The molecule has 0 bridgehead atoms. The molecule has 1 aliphatic rings. The largest absolute Gasteiger partial charge is 0.502 e. The van der Waals surface area contributed by atoms with Crippen molar-refractivity contribution in [3.8, 4) is 17.2 Å². The number of hydrogen-bond acceptors (Lipinski definition) is 6. The van der Waals surface area contributed by atoms with E-state index >= 15 is 0 Å². The zero-order chi connectivity index (χ0) is 18.0. The van der Waals surface area contributed by atoms with E-state index in [0.717, 1.165) is 0 Å². The van der Waals surface area contributed by atoms with E-state index in [1.54, 1.807) is 30.3 Å². The van der Waals surface area contributed by atoms with Gasteiger partial charge < -0.3 is 24.3 Å². The summed E-state index contributed by atoms with van der Waals surface area (Å²) in [5.41, 5.74) is 0.927. The number of hydrogen-bond donors (Lipinski definition) is 2. The van der Waals surface area contributed by atoms with Crippen LogP contribution in [0.5, 0.6) is 17.2 Å². The van der Waals surface area contributed by atoms with Crippen LogP contribution in [-0.4, -0.2) is 35.2 Å². The van der Waals surface area contributed by atoms with Crippen LogP contribution >= 0.6 is 12.2 Å². The highest BCUT2D eigenvalue weighted by molar-refractivity contribution is 7.80. The van der Waals surface area contributed by atoms with Crippen molar-refractivity contribution in [1.29, 1.82) is 0 Å². The molecule has 25 heavy (non-hydrogen) atoms. The Bertz CT molecular complexity index is 820. The normalized spacial score (nSPS) is 15.6. The number of ether oxygens (including phenoxy) is 2. The number of nitrogens with one attached hydrogen (secondary N) is 1. The fraction of sp³-hybridized carbons (Fsp3) is 0.176. The number of methoxy groups -OCH3 is 2. The average molecular weight is 360 g/mol. The summed E-state index contributed by atoms with van der Waals surface area (Å²) in [5, 5.41) is 13.1. The van der Waals surface area contributed by atoms with Crippen LogP contribution < -0.4 is 14.8 Å². The first kappa shape index (κ1) is 16.8. The summed E-state index contributed by atoms with van der Waals surface area (Å²) in [6.07, 6.45) is 3.15. The molecule has 8 heteroatoms. The van der Waals surface area contributed by atoms with Gasteiger partial charge in [-0.3, -0.25) is 9.69 Å². The van der Waals surface area contributed by atoms with E-state index in [1.165, 1.54) is 25.4 Å². The quantitative estimate of drug-likeness (QED) is 0.625. The van der Waals surface area contributed by atoms with Crippen molar-refractivity contribution in [2.45, 2.75) is 6.54 Å². The molecule has 0 aliphatic carbocycles. The second-order valence-corrected chi connectivity index (χ2v) is 5.62. The molecule has 2 heterocycles. The summed E-state index contributed by atoms with van der Waals surface area (Å²) in [6.45, 7) is 0.247. The van der Waals surface area contributed by atoms with Crippen molar-refractivity contribution in [3.05, 3.63) is 47.5 Å². The molecule has 3 rings (SSSR count). The molecule has 0 spiro atoms. The molecule has 0 radical (unpaired) electrons. The molecule has 130 valence electrons. The molecular formula is C17H16N2O5S. The van der Waals surface area contributed by atoms with Gasteiger partial charge in [0, 0.05) is 0 Å². The number of amides is 1. The highest BCUT2D eigenvalue weighted by Crippen LogP contribution is 2.37. The lowest BCUT2D eigenvalue weighted by Gasteiger charge is -2.11. The number of phenols is 1. The molecule has 0 unspecified atom stereocenters. The number of benzene rings is 1. The zero-order valence-corrected chi connectivity index (χ0v) is 14.4. The Kier molecular flexibility index (Phi) is 4.62. The number of carbonyl (C=O) groups excluding carboxylic acids is 1. The van der Waals surface area contributed by atoms with Gasteiger partial charge in [-0.2, -0.15) is 0 Å². The highest BCUT2D eigenvalue weighted by Gasteiger charge is 2.31. The maximum atomic E-state index is 12.6. The number of aromatic hydroxyl groups is 1. The minimum atomic E-state index is -0.271. The minimum absolute atomic E-state index is 0.104. The maximum absolute atomic E-state index is 12.6. The minimum Gasteiger partial charge on any atom is -0.502 e. The first-order chi connectivity index (χ1) is 12.0. The van der Waals surface area contributed by atoms with Crippen molar-refractivity contribution in [3.63, 3.8) is 0 Å². The van der Waals surface area contributed by atoms with Gasteiger partial charge in [0.05, 0.1) is 27.0 Å². The fourth-order valence-corrected chi connectivity index (χ4v) is 2.69. The van der Waals surface area contributed by atoms with Crippen molar-refractivity contribution < 1.29 is 23.8 Å². The van der Waals surface area contributed by atoms with Gasteiger partial charge in [-0.15, -0.1) is 0 Å². The number of rotatable bonds is 5. The molecule has 7 nitrogen and oxygen atoms in total. The Balaban J connectivity index is 1.89. The van der Waals surface area contributed by atoms with Crippen LogP contribution in [0.3, 0.4) is 0 Å².